The number of benzene rings is 2. The average molecular weight is 450 g/mol. The zero-order valence-corrected chi connectivity index (χ0v) is 17.8. The first-order chi connectivity index (χ1) is 14.8. The van der Waals surface area contributed by atoms with Crippen molar-refractivity contribution in [1.82, 2.24) is 4.31 Å². The molecule has 4 rings (SSSR count). The number of anilines is 1. The molecule has 10 heteroatoms. The summed E-state index contributed by atoms with van der Waals surface area (Å²) in [5.41, 5.74) is 0.244. The number of ether oxygens (including phenoxy) is 1. The van der Waals surface area contributed by atoms with Gasteiger partial charge in [-0.25, -0.2) is 12.8 Å². The molecular formula is C21H24FN3O5S. The van der Waals surface area contributed by atoms with Gasteiger partial charge < -0.3 is 9.64 Å². The summed E-state index contributed by atoms with van der Waals surface area (Å²) in [5, 5.41) is 11.3. The minimum atomic E-state index is -3.82. The fraction of sp³-hybridized carbons (Fsp3) is 0.429. The van der Waals surface area contributed by atoms with Crippen LogP contribution in [0.2, 0.25) is 0 Å². The summed E-state index contributed by atoms with van der Waals surface area (Å²) < 4.78 is 46.8. The number of halogens is 1. The lowest BCUT2D eigenvalue weighted by Crippen LogP contribution is -2.39. The molecule has 8 nitrogen and oxygen atoms in total. The molecule has 0 atom stereocenters. The Labute approximate surface area is 180 Å². The summed E-state index contributed by atoms with van der Waals surface area (Å²) in [5.74, 6) is 0.263. The second kappa shape index (κ2) is 8.80. The zero-order valence-electron chi connectivity index (χ0n) is 16.9. The Morgan fingerprint density at radius 2 is 1.65 bits per heavy atom. The highest BCUT2D eigenvalue weighted by Gasteiger charge is 2.33. The molecule has 0 saturated carbocycles. The Morgan fingerprint density at radius 3 is 2.26 bits per heavy atom. The van der Waals surface area contributed by atoms with Gasteiger partial charge in [-0.05, 0) is 43.2 Å². The third kappa shape index (κ3) is 4.64. The molecule has 2 heterocycles. The first-order valence-corrected chi connectivity index (χ1v) is 11.7. The van der Waals surface area contributed by atoms with Gasteiger partial charge >= 0.3 is 0 Å². The molecule has 2 aromatic rings. The largest absolute Gasteiger partial charge is 0.490 e. The van der Waals surface area contributed by atoms with Crippen LogP contribution in [0.25, 0.3) is 0 Å². The zero-order chi connectivity index (χ0) is 22.0. The lowest BCUT2D eigenvalue weighted by molar-refractivity contribution is -0.385. The lowest BCUT2D eigenvalue weighted by Gasteiger charge is -2.35. The Bertz CT molecular complexity index is 1050. The minimum absolute atomic E-state index is 0.0125. The highest BCUT2D eigenvalue weighted by molar-refractivity contribution is 7.89. The maximum Gasteiger partial charge on any atom is 0.270 e. The molecule has 0 radical (unpaired) electrons. The Hall–Kier alpha value is -2.72. The second-order valence-corrected chi connectivity index (χ2v) is 9.68. The van der Waals surface area contributed by atoms with Crippen LogP contribution in [0.1, 0.15) is 25.7 Å². The van der Waals surface area contributed by atoms with Crippen LogP contribution in [0.4, 0.5) is 15.8 Å². The number of hydrogen-bond donors (Lipinski definition) is 0. The fourth-order valence-corrected chi connectivity index (χ4v) is 5.82. The van der Waals surface area contributed by atoms with E-state index in [0.717, 1.165) is 12.8 Å². The van der Waals surface area contributed by atoms with E-state index < -0.39 is 14.9 Å². The fourth-order valence-electron chi connectivity index (χ4n) is 4.07. The molecule has 0 aromatic heterocycles. The van der Waals surface area contributed by atoms with Crippen LogP contribution in [0.5, 0.6) is 5.75 Å². The van der Waals surface area contributed by atoms with Gasteiger partial charge in [0.2, 0.25) is 10.0 Å². The first-order valence-electron chi connectivity index (χ1n) is 10.3. The van der Waals surface area contributed by atoms with E-state index in [4.69, 9.17) is 4.74 Å². The van der Waals surface area contributed by atoms with Gasteiger partial charge in [0.15, 0.2) is 0 Å². The Kier molecular flexibility index (Phi) is 6.10. The van der Waals surface area contributed by atoms with Crippen molar-refractivity contribution >= 4 is 21.4 Å². The summed E-state index contributed by atoms with van der Waals surface area (Å²) >= 11 is 0. The van der Waals surface area contributed by atoms with Crippen LogP contribution in [0, 0.1) is 15.9 Å². The Morgan fingerprint density at radius 1 is 1.00 bits per heavy atom. The van der Waals surface area contributed by atoms with E-state index >= 15 is 0 Å². The number of nitro groups is 1. The average Bonchev–Trinajstić information content (AvgIpc) is 3.31. The molecule has 0 bridgehead atoms. The number of hydrogen-bond acceptors (Lipinski definition) is 6. The standard InChI is InChI=1S/C21H24FN3O5S/c22-16-3-6-18(7-4-16)30-19-9-13-23(14-10-19)20-8-5-17(25(26)27)15-21(20)31(28,29)24-11-1-2-12-24/h3-8,15,19H,1-2,9-14H2. The van der Waals surface area contributed by atoms with Gasteiger partial charge in [0.25, 0.3) is 5.69 Å². The maximum atomic E-state index is 13.2. The number of piperidine rings is 1. The topological polar surface area (TPSA) is 93.0 Å². The third-order valence-electron chi connectivity index (χ3n) is 5.74. The molecule has 0 aliphatic carbocycles. The van der Waals surface area contributed by atoms with Crippen LogP contribution in [0.3, 0.4) is 0 Å². The van der Waals surface area contributed by atoms with Crippen molar-refractivity contribution < 1.29 is 22.5 Å². The van der Waals surface area contributed by atoms with E-state index in [1.165, 1.54) is 34.6 Å². The summed E-state index contributed by atoms with van der Waals surface area (Å²) in [6, 6.07) is 9.90. The predicted octanol–water partition coefficient (Wildman–Crippen LogP) is 3.57. The summed E-state index contributed by atoms with van der Waals surface area (Å²) in [6.07, 6.45) is 2.80. The van der Waals surface area contributed by atoms with E-state index in [1.807, 2.05) is 4.90 Å². The maximum absolute atomic E-state index is 13.2. The first kappa shape index (κ1) is 21.5. The van der Waals surface area contributed by atoms with Crippen LogP contribution < -0.4 is 9.64 Å². The molecule has 2 aromatic carbocycles. The molecule has 2 fully saturated rings. The molecule has 0 unspecified atom stereocenters. The Balaban J connectivity index is 1.54. The van der Waals surface area contributed by atoms with Crippen molar-refractivity contribution in [1.29, 1.82) is 0 Å². The van der Waals surface area contributed by atoms with Crippen molar-refractivity contribution in [3.63, 3.8) is 0 Å². The van der Waals surface area contributed by atoms with Crippen LogP contribution in [-0.4, -0.2) is 49.9 Å². The lowest BCUT2D eigenvalue weighted by atomic mass is 10.1. The smallest absolute Gasteiger partial charge is 0.270 e. The normalized spacial score (nSPS) is 18.3. The van der Waals surface area contributed by atoms with Gasteiger partial charge in [-0.2, -0.15) is 4.31 Å². The number of nitro benzene ring substituents is 1. The van der Waals surface area contributed by atoms with Gasteiger partial charge in [-0.15, -0.1) is 0 Å². The summed E-state index contributed by atoms with van der Waals surface area (Å²) in [4.78, 5) is 12.6. The summed E-state index contributed by atoms with van der Waals surface area (Å²) in [7, 11) is -3.82. The summed E-state index contributed by atoms with van der Waals surface area (Å²) in [6.45, 7) is 1.95. The van der Waals surface area contributed by atoms with Gasteiger partial charge in [0.05, 0.1) is 10.6 Å². The molecule has 0 amide bonds. The SMILES string of the molecule is O=[N+]([O-])c1ccc(N2CCC(Oc3ccc(F)cc3)CC2)c(S(=O)(=O)N2CCCC2)c1. The van der Waals surface area contributed by atoms with Gasteiger partial charge in [0.1, 0.15) is 22.6 Å². The third-order valence-corrected chi connectivity index (χ3v) is 7.66. The van der Waals surface area contributed by atoms with Crippen LogP contribution in [0.15, 0.2) is 47.4 Å². The van der Waals surface area contributed by atoms with Crippen LogP contribution >= 0.6 is 0 Å². The molecule has 0 N–H and O–H groups in total. The molecule has 2 aliphatic rings. The molecule has 166 valence electrons. The van der Waals surface area contributed by atoms with Gasteiger partial charge in [-0.1, -0.05) is 0 Å². The van der Waals surface area contributed by atoms with E-state index in [-0.39, 0.29) is 22.5 Å². The van der Waals surface area contributed by atoms with Crippen molar-refractivity contribution in [3.8, 4) is 5.75 Å². The molecule has 31 heavy (non-hydrogen) atoms. The molecule has 2 aliphatic heterocycles. The molecular weight excluding hydrogens is 425 g/mol. The van der Waals surface area contributed by atoms with E-state index in [9.17, 15) is 22.9 Å². The van der Waals surface area contributed by atoms with Crippen molar-refractivity contribution in [2.24, 2.45) is 0 Å². The van der Waals surface area contributed by atoms with Gasteiger partial charge in [-0.3, -0.25) is 10.1 Å². The predicted molar refractivity (Wildman–Crippen MR) is 113 cm³/mol. The number of sulfonamides is 1. The number of rotatable bonds is 6. The van der Waals surface area contributed by atoms with Crippen molar-refractivity contribution in [2.75, 3.05) is 31.1 Å². The quantitative estimate of drug-likeness (QED) is 0.495. The molecule has 2 saturated heterocycles. The second-order valence-electron chi connectivity index (χ2n) is 7.78. The van der Waals surface area contributed by atoms with E-state index in [0.29, 0.717) is 50.5 Å². The monoisotopic (exact) mass is 449 g/mol. The van der Waals surface area contributed by atoms with Gasteiger partial charge in [0, 0.05) is 51.2 Å². The highest BCUT2D eigenvalue weighted by atomic mass is 32.2. The number of nitrogens with zero attached hydrogens (tertiary/aromatic N) is 3. The highest BCUT2D eigenvalue weighted by Crippen LogP contribution is 2.34. The molecule has 0 spiro atoms. The number of non-ortho nitro benzene ring substituents is 1. The van der Waals surface area contributed by atoms with E-state index in [2.05, 4.69) is 0 Å². The van der Waals surface area contributed by atoms with Crippen molar-refractivity contribution in [3.05, 3.63) is 58.4 Å². The van der Waals surface area contributed by atoms with E-state index in [1.54, 1.807) is 12.1 Å². The van der Waals surface area contributed by atoms with Crippen molar-refractivity contribution in [2.45, 2.75) is 36.7 Å². The minimum Gasteiger partial charge on any atom is -0.490 e. The van der Waals surface area contributed by atoms with Crippen LogP contribution in [-0.2, 0) is 10.0 Å².